The Morgan fingerprint density at radius 2 is 1.58 bits per heavy atom. The Kier molecular flexibility index (Phi) is 6.68. The number of rotatable bonds is 5. The molecule has 3 atom stereocenters. The van der Waals surface area contributed by atoms with Crippen molar-refractivity contribution in [1.29, 1.82) is 0 Å². The Balaban J connectivity index is 1.38. The molecule has 0 N–H and O–H groups in total. The van der Waals surface area contributed by atoms with Gasteiger partial charge in [0.25, 0.3) is 0 Å². The Morgan fingerprint density at radius 1 is 0.800 bits per heavy atom. The molecule has 3 aliphatic rings. The maximum atomic E-state index is 4.85. The molecule has 3 unspecified atom stereocenters. The van der Waals surface area contributed by atoms with Crippen molar-refractivity contribution in [2.24, 2.45) is 0 Å². The van der Waals surface area contributed by atoms with Gasteiger partial charge in [-0.3, -0.25) is 0 Å². The summed E-state index contributed by atoms with van der Waals surface area (Å²) < 4.78 is 0. The number of hydrogen-bond acceptors (Lipinski definition) is 0. The van der Waals surface area contributed by atoms with Crippen molar-refractivity contribution in [3.05, 3.63) is 208 Å². The number of benzene rings is 5. The van der Waals surface area contributed by atoms with Crippen LogP contribution in [-0.2, 0) is 11.8 Å². The zero-order chi connectivity index (χ0) is 30.5. The second-order valence-electron chi connectivity index (χ2n) is 13.0. The summed E-state index contributed by atoms with van der Waals surface area (Å²) in [6.45, 7) is 9.56. The average Bonchev–Trinajstić information content (AvgIpc) is 3.67. The summed E-state index contributed by atoms with van der Waals surface area (Å²) in [5.74, 6) is 0.495. The Hall–Kier alpha value is -4.94. The zero-order valence-electron chi connectivity index (χ0n) is 26.1. The predicted molar refractivity (Wildman–Crippen MR) is 191 cm³/mol. The van der Waals surface area contributed by atoms with Gasteiger partial charge >= 0.3 is 0 Å². The largest absolute Gasteiger partial charge is 0.0943 e. The number of hydrogen-bond donors (Lipinski definition) is 0. The van der Waals surface area contributed by atoms with Crippen LogP contribution in [0.3, 0.4) is 0 Å². The minimum atomic E-state index is -0.424. The van der Waals surface area contributed by atoms with E-state index in [0.29, 0.717) is 0 Å². The van der Waals surface area contributed by atoms with E-state index in [-0.39, 0.29) is 11.8 Å². The smallest absolute Gasteiger partial charge is 0.0667 e. The lowest BCUT2D eigenvalue weighted by Crippen LogP contribution is -2.30. The summed E-state index contributed by atoms with van der Waals surface area (Å²) in [7, 11) is 0. The van der Waals surface area contributed by atoms with Gasteiger partial charge in [0.15, 0.2) is 0 Å². The van der Waals surface area contributed by atoms with Crippen molar-refractivity contribution in [3.8, 4) is 0 Å². The van der Waals surface area contributed by atoms with E-state index in [9.17, 15) is 0 Å². The van der Waals surface area contributed by atoms with Crippen LogP contribution in [0, 0.1) is 0 Å². The summed E-state index contributed by atoms with van der Waals surface area (Å²) >= 11 is 0. The van der Waals surface area contributed by atoms with Gasteiger partial charge in [0.1, 0.15) is 0 Å². The van der Waals surface area contributed by atoms with E-state index in [1.807, 2.05) is 0 Å². The predicted octanol–water partition coefficient (Wildman–Crippen LogP) is 11.4. The molecule has 0 aromatic heterocycles. The lowest BCUT2D eigenvalue weighted by molar-refractivity contribution is 0.730. The summed E-state index contributed by atoms with van der Waals surface area (Å²) in [6.07, 6.45) is 13.4. The average molecular weight is 579 g/mol. The van der Waals surface area contributed by atoms with Crippen LogP contribution in [0.1, 0.15) is 71.0 Å². The van der Waals surface area contributed by atoms with Crippen molar-refractivity contribution in [3.63, 3.8) is 0 Å². The van der Waals surface area contributed by atoms with Crippen molar-refractivity contribution < 1.29 is 0 Å². The van der Waals surface area contributed by atoms with Gasteiger partial charge in [-0.25, -0.2) is 0 Å². The van der Waals surface area contributed by atoms with Crippen LogP contribution in [0.25, 0.3) is 16.3 Å². The van der Waals surface area contributed by atoms with E-state index >= 15 is 0 Å². The van der Waals surface area contributed by atoms with E-state index in [0.717, 1.165) is 18.4 Å². The van der Waals surface area contributed by atoms with Gasteiger partial charge in [-0.15, -0.1) is 0 Å². The minimum absolute atomic E-state index is 0.208. The molecular formula is C45H38. The minimum Gasteiger partial charge on any atom is -0.0943 e. The summed E-state index contributed by atoms with van der Waals surface area (Å²) in [5.41, 5.74) is 14.5. The fraction of sp³-hybridized carbons (Fsp3) is 0.156. The van der Waals surface area contributed by atoms with Crippen LogP contribution in [-0.4, -0.2) is 0 Å². The quantitative estimate of drug-likeness (QED) is 0.195. The van der Waals surface area contributed by atoms with Gasteiger partial charge in [0.05, 0.1) is 5.41 Å². The third-order valence-corrected chi connectivity index (χ3v) is 10.6. The van der Waals surface area contributed by atoms with Crippen LogP contribution in [0.5, 0.6) is 0 Å². The Bertz CT molecular complexity index is 2090. The van der Waals surface area contributed by atoms with Gasteiger partial charge in [0, 0.05) is 5.92 Å². The van der Waals surface area contributed by atoms with Gasteiger partial charge < -0.3 is 0 Å². The Labute approximate surface area is 267 Å². The van der Waals surface area contributed by atoms with E-state index in [1.165, 1.54) is 66.4 Å². The van der Waals surface area contributed by atoms with Gasteiger partial charge in [-0.1, -0.05) is 165 Å². The highest BCUT2D eigenvalue weighted by Crippen LogP contribution is 2.58. The Morgan fingerprint density at radius 3 is 2.42 bits per heavy atom. The molecule has 8 rings (SSSR count). The first-order valence-corrected chi connectivity index (χ1v) is 16.3. The van der Waals surface area contributed by atoms with Crippen molar-refractivity contribution >= 4 is 16.3 Å². The molecule has 45 heavy (non-hydrogen) atoms. The fourth-order valence-corrected chi connectivity index (χ4v) is 8.41. The molecular weight excluding hydrogens is 540 g/mol. The van der Waals surface area contributed by atoms with Crippen LogP contribution < -0.4 is 0 Å². The van der Waals surface area contributed by atoms with E-state index < -0.39 is 5.41 Å². The topological polar surface area (TPSA) is 0 Å². The molecule has 5 aromatic carbocycles. The molecule has 0 amide bonds. The number of allylic oxidation sites excluding steroid dienone is 9. The molecule has 5 aromatic rings. The first kappa shape index (κ1) is 27.6. The lowest BCUT2D eigenvalue weighted by Gasteiger charge is -2.37. The molecule has 0 aliphatic heterocycles. The molecule has 3 aliphatic carbocycles. The monoisotopic (exact) mass is 578 g/mol. The molecule has 0 radical (unpaired) electrons. The maximum absolute atomic E-state index is 4.85. The van der Waals surface area contributed by atoms with Crippen LogP contribution in [0.4, 0.5) is 0 Å². The normalized spacial score (nSPS) is 20.8. The SMILES string of the molecule is C=C1C=CC(C)c2ccc(C(C3=CC=CC3)c3ccccc3)cc2C12C(C)=C(Cc1cccc3ccccc13)c1ccccc12. The van der Waals surface area contributed by atoms with E-state index in [2.05, 4.69) is 159 Å². The van der Waals surface area contributed by atoms with Gasteiger partial charge in [-0.2, -0.15) is 0 Å². The lowest BCUT2D eigenvalue weighted by atomic mass is 9.65. The highest BCUT2D eigenvalue weighted by molar-refractivity contribution is 5.91. The molecule has 0 saturated carbocycles. The molecule has 1 spiro atoms. The molecule has 0 bridgehead atoms. The summed E-state index contributed by atoms with van der Waals surface area (Å²) in [5, 5.41) is 2.63. The van der Waals surface area contributed by atoms with E-state index in [4.69, 9.17) is 6.58 Å². The molecule has 218 valence electrons. The third-order valence-electron chi connectivity index (χ3n) is 10.6. The van der Waals surface area contributed by atoms with Crippen molar-refractivity contribution in [1.82, 2.24) is 0 Å². The van der Waals surface area contributed by atoms with Gasteiger partial charge in [0.2, 0.25) is 0 Å². The van der Waals surface area contributed by atoms with E-state index in [1.54, 1.807) is 0 Å². The molecule has 0 fully saturated rings. The van der Waals surface area contributed by atoms with Gasteiger partial charge in [-0.05, 0) is 92.1 Å². The highest BCUT2D eigenvalue weighted by Gasteiger charge is 2.48. The second kappa shape index (κ2) is 10.9. The maximum Gasteiger partial charge on any atom is 0.0667 e. The summed E-state index contributed by atoms with van der Waals surface area (Å²) in [6, 6.07) is 43.0. The first-order chi connectivity index (χ1) is 22.1. The van der Waals surface area contributed by atoms with Crippen LogP contribution in [0.15, 0.2) is 169 Å². The third kappa shape index (κ3) is 4.27. The first-order valence-electron chi connectivity index (χ1n) is 16.3. The van der Waals surface area contributed by atoms with Crippen LogP contribution >= 0.6 is 0 Å². The van der Waals surface area contributed by atoms with Crippen molar-refractivity contribution in [2.75, 3.05) is 0 Å². The molecule has 0 saturated heterocycles. The number of fused-ring (bicyclic) bond motifs is 5. The zero-order valence-corrected chi connectivity index (χ0v) is 26.1. The summed E-state index contributed by atoms with van der Waals surface area (Å²) in [4.78, 5) is 0. The molecule has 0 nitrogen and oxygen atoms in total. The second-order valence-corrected chi connectivity index (χ2v) is 13.0. The van der Waals surface area contributed by atoms with Crippen LogP contribution in [0.2, 0.25) is 0 Å². The van der Waals surface area contributed by atoms with Crippen molar-refractivity contribution in [2.45, 2.75) is 43.9 Å². The fourth-order valence-electron chi connectivity index (χ4n) is 8.41. The molecule has 0 heteroatoms. The highest BCUT2D eigenvalue weighted by atomic mass is 14.5. The molecule has 0 heterocycles. The standard InChI is InChI=1S/C45H38/c1-30-24-25-31(2)45(43-29-37(26-27-38(30)43)44(35-17-7-8-18-35)34-15-5-4-6-16-34)32(3)41(40-22-11-12-23-42(40)45)28-36-20-13-19-33-14-9-10-21-39(33)36/h4-17,19-27,29-30,44H,2,18,28H2,1,3H3.